The van der Waals surface area contributed by atoms with Gasteiger partial charge in [-0.1, -0.05) is 24.3 Å². The van der Waals surface area contributed by atoms with Crippen LogP contribution in [0.5, 0.6) is 11.5 Å². The van der Waals surface area contributed by atoms with Gasteiger partial charge >= 0.3 is 0 Å². The summed E-state index contributed by atoms with van der Waals surface area (Å²) in [5.74, 6) is 1.66. The van der Waals surface area contributed by atoms with E-state index in [0.717, 1.165) is 34.8 Å². The Balaban J connectivity index is 1.60. The molecule has 0 aliphatic carbocycles. The van der Waals surface area contributed by atoms with Crippen molar-refractivity contribution in [3.05, 3.63) is 81.0 Å². The summed E-state index contributed by atoms with van der Waals surface area (Å²) in [4.78, 5) is 0. The largest absolute Gasteiger partial charge is 0.490 e. The second-order valence-corrected chi connectivity index (χ2v) is 8.36. The van der Waals surface area contributed by atoms with Gasteiger partial charge in [-0.15, -0.1) is 0 Å². The summed E-state index contributed by atoms with van der Waals surface area (Å²) in [5.41, 5.74) is 7.16. The average molecular weight is 405 g/mol. The molecule has 0 spiro atoms. The highest BCUT2D eigenvalue weighted by Crippen LogP contribution is 2.50. The molecule has 2 atom stereocenters. The zero-order valence-corrected chi connectivity index (χ0v) is 17.7. The van der Waals surface area contributed by atoms with Crippen LogP contribution >= 0.6 is 11.3 Å². The average Bonchev–Trinajstić information content (AvgIpc) is 3.40. The Hall–Kier alpha value is -2.79. The van der Waals surface area contributed by atoms with Crippen LogP contribution in [0, 0.1) is 13.8 Å². The van der Waals surface area contributed by atoms with E-state index in [4.69, 9.17) is 14.6 Å². The molecule has 0 bridgehead atoms. The highest BCUT2D eigenvalue weighted by Gasteiger charge is 2.42. The third kappa shape index (κ3) is 3.10. The molecule has 3 heterocycles. The molecule has 0 fully saturated rings. The second kappa shape index (κ2) is 7.23. The molecular weight excluding hydrogens is 380 g/mol. The van der Waals surface area contributed by atoms with Crippen LogP contribution in [0.2, 0.25) is 0 Å². The van der Waals surface area contributed by atoms with Gasteiger partial charge in [0.2, 0.25) is 6.23 Å². The number of rotatable bonds is 4. The van der Waals surface area contributed by atoms with Crippen LogP contribution in [0.3, 0.4) is 0 Å². The van der Waals surface area contributed by atoms with E-state index in [0.29, 0.717) is 6.61 Å². The number of hydrogen-bond donors (Lipinski definition) is 0. The van der Waals surface area contributed by atoms with Crippen LogP contribution in [0.1, 0.15) is 53.4 Å². The van der Waals surface area contributed by atoms with Gasteiger partial charge in [-0.2, -0.15) is 16.4 Å². The fourth-order valence-electron chi connectivity index (χ4n) is 4.08. The molecule has 5 rings (SSSR count). The topological polar surface area (TPSA) is 34.1 Å². The van der Waals surface area contributed by atoms with Crippen LogP contribution in [0.15, 0.2) is 58.3 Å². The number of fused-ring (bicyclic) bond motifs is 3. The molecule has 0 amide bonds. The lowest BCUT2D eigenvalue weighted by Crippen LogP contribution is -2.33. The van der Waals surface area contributed by atoms with Crippen molar-refractivity contribution >= 4 is 17.0 Å². The van der Waals surface area contributed by atoms with E-state index in [9.17, 15) is 0 Å². The molecule has 2 aliphatic heterocycles. The zero-order valence-electron chi connectivity index (χ0n) is 16.9. The standard InChI is InChI=1S/C24H24N2O2S/c1-4-27-22-7-5-6-19-21-13-20(17-9-8-15(2)16(3)12-17)25-26(21)24(28-23(19)22)18-10-11-29-14-18/h5-12,14,21,24H,4,13H2,1-3H3/t21-,24+/m0/s1. The first kappa shape index (κ1) is 18.3. The summed E-state index contributed by atoms with van der Waals surface area (Å²) < 4.78 is 12.4. The second-order valence-electron chi connectivity index (χ2n) is 7.58. The summed E-state index contributed by atoms with van der Waals surface area (Å²) in [5, 5.41) is 11.4. The number of para-hydroxylation sites is 1. The summed E-state index contributed by atoms with van der Waals surface area (Å²) in [6.45, 7) is 6.91. The minimum absolute atomic E-state index is 0.140. The maximum absolute atomic E-state index is 6.50. The Kier molecular flexibility index (Phi) is 4.55. The highest BCUT2D eigenvalue weighted by atomic mass is 32.1. The van der Waals surface area contributed by atoms with Gasteiger partial charge in [-0.05, 0) is 66.4 Å². The van der Waals surface area contributed by atoms with E-state index >= 15 is 0 Å². The molecule has 0 N–H and O–H groups in total. The molecule has 5 heteroatoms. The summed E-state index contributed by atoms with van der Waals surface area (Å²) in [6, 6.07) is 15.0. The van der Waals surface area contributed by atoms with E-state index < -0.39 is 0 Å². The molecule has 148 valence electrons. The van der Waals surface area contributed by atoms with Crippen LogP contribution < -0.4 is 9.47 Å². The van der Waals surface area contributed by atoms with Gasteiger partial charge in [0.15, 0.2) is 11.5 Å². The molecule has 2 aromatic carbocycles. The lowest BCUT2D eigenvalue weighted by Gasteiger charge is -2.38. The monoisotopic (exact) mass is 404 g/mol. The molecule has 2 aliphatic rings. The van der Waals surface area contributed by atoms with Gasteiger partial charge in [-0.3, -0.25) is 0 Å². The smallest absolute Gasteiger partial charge is 0.214 e. The summed E-state index contributed by atoms with van der Waals surface area (Å²) in [7, 11) is 0. The van der Waals surface area contributed by atoms with Crippen molar-refractivity contribution in [1.82, 2.24) is 5.01 Å². The molecule has 1 aromatic heterocycles. The van der Waals surface area contributed by atoms with Crippen molar-refractivity contribution in [2.24, 2.45) is 5.10 Å². The predicted molar refractivity (Wildman–Crippen MR) is 117 cm³/mol. The molecule has 0 radical (unpaired) electrons. The first-order chi connectivity index (χ1) is 14.2. The minimum atomic E-state index is -0.246. The van der Waals surface area contributed by atoms with Crippen LogP contribution in [0.25, 0.3) is 0 Å². The fraction of sp³-hybridized carbons (Fsp3) is 0.292. The maximum atomic E-state index is 6.50. The van der Waals surface area contributed by atoms with Crippen LogP contribution in [-0.2, 0) is 0 Å². The number of thiophene rings is 1. The van der Waals surface area contributed by atoms with Crippen molar-refractivity contribution in [2.75, 3.05) is 6.61 Å². The number of aryl methyl sites for hydroxylation is 2. The van der Waals surface area contributed by atoms with E-state index in [-0.39, 0.29) is 12.3 Å². The summed E-state index contributed by atoms with van der Waals surface area (Å²) >= 11 is 1.68. The van der Waals surface area contributed by atoms with Crippen molar-refractivity contribution in [3.8, 4) is 11.5 Å². The lowest BCUT2D eigenvalue weighted by molar-refractivity contribution is -0.0209. The SMILES string of the molecule is CCOc1cccc2c1O[C@H](c1ccsc1)N1N=C(c3ccc(C)c(C)c3)C[C@@H]21. The fourth-order valence-corrected chi connectivity index (χ4v) is 4.75. The van der Waals surface area contributed by atoms with E-state index in [1.807, 2.05) is 19.1 Å². The van der Waals surface area contributed by atoms with Gasteiger partial charge in [0, 0.05) is 17.5 Å². The highest BCUT2D eigenvalue weighted by molar-refractivity contribution is 7.07. The molecule has 3 aromatic rings. The van der Waals surface area contributed by atoms with Crippen LogP contribution in [0.4, 0.5) is 0 Å². The molecule has 0 saturated heterocycles. The molecule has 29 heavy (non-hydrogen) atoms. The Morgan fingerprint density at radius 1 is 1.17 bits per heavy atom. The minimum Gasteiger partial charge on any atom is -0.490 e. The number of ether oxygens (including phenoxy) is 2. The number of nitrogens with zero attached hydrogens (tertiary/aromatic N) is 2. The number of benzene rings is 2. The zero-order chi connectivity index (χ0) is 20.0. The van der Waals surface area contributed by atoms with Gasteiger partial charge in [0.05, 0.1) is 18.4 Å². The lowest BCUT2D eigenvalue weighted by atomic mass is 9.94. The normalized spacial score (nSPS) is 20.0. The third-order valence-electron chi connectivity index (χ3n) is 5.75. The van der Waals surface area contributed by atoms with Crippen molar-refractivity contribution in [3.63, 3.8) is 0 Å². The van der Waals surface area contributed by atoms with E-state index in [1.165, 1.54) is 16.7 Å². The molecule has 4 nitrogen and oxygen atoms in total. The molecular formula is C24H24N2O2S. The van der Waals surface area contributed by atoms with Crippen molar-refractivity contribution in [2.45, 2.75) is 39.5 Å². The van der Waals surface area contributed by atoms with E-state index in [2.05, 4.69) is 59.9 Å². The Morgan fingerprint density at radius 2 is 2.07 bits per heavy atom. The Morgan fingerprint density at radius 3 is 2.83 bits per heavy atom. The number of hydrogen-bond acceptors (Lipinski definition) is 5. The maximum Gasteiger partial charge on any atom is 0.214 e. The van der Waals surface area contributed by atoms with Gasteiger partial charge in [0.1, 0.15) is 0 Å². The third-order valence-corrected chi connectivity index (χ3v) is 6.45. The summed E-state index contributed by atoms with van der Waals surface area (Å²) in [6.07, 6.45) is 0.610. The first-order valence-electron chi connectivity index (χ1n) is 10.0. The number of hydrazone groups is 1. The van der Waals surface area contributed by atoms with E-state index in [1.54, 1.807) is 11.3 Å². The Bertz CT molecular complexity index is 1070. The van der Waals surface area contributed by atoms with Crippen LogP contribution in [-0.4, -0.2) is 17.3 Å². The van der Waals surface area contributed by atoms with Crippen molar-refractivity contribution < 1.29 is 9.47 Å². The van der Waals surface area contributed by atoms with Gasteiger partial charge < -0.3 is 9.47 Å². The molecule has 0 unspecified atom stereocenters. The molecule has 0 saturated carbocycles. The Labute approximate surface area is 175 Å². The first-order valence-corrected chi connectivity index (χ1v) is 11.0. The van der Waals surface area contributed by atoms with Crippen molar-refractivity contribution in [1.29, 1.82) is 0 Å². The van der Waals surface area contributed by atoms with Gasteiger partial charge in [0.25, 0.3) is 0 Å². The quantitative estimate of drug-likeness (QED) is 0.534. The predicted octanol–water partition coefficient (Wildman–Crippen LogP) is 6.01. The van der Waals surface area contributed by atoms with Gasteiger partial charge in [-0.25, -0.2) is 5.01 Å².